The minimum absolute atomic E-state index is 0.0471. The Balaban J connectivity index is 2.14. The molecular weight excluding hydrogens is 242 g/mol. The predicted octanol–water partition coefficient (Wildman–Crippen LogP) is 1.26. The largest absolute Gasteiger partial charge is 0.366 e. The highest BCUT2D eigenvalue weighted by Crippen LogP contribution is 2.25. The van der Waals surface area contributed by atoms with Gasteiger partial charge in [0.1, 0.15) is 0 Å². The smallest absolute Gasteiger partial charge is 0.248 e. The van der Waals surface area contributed by atoms with Gasteiger partial charge >= 0.3 is 0 Å². The molecule has 4 N–H and O–H groups in total. The number of benzene rings is 1. The van der Waals surface area contributed by atoms with E-state index in [0.29, 0.717) is 11.3 Å². The number of anilines is 1. The molecule has 0 spiro atoms. The minimum Gasteiger partial charge on any atom is -0.366 e. The fourth-order valence-corrected chi connectivity index (χ4v) is 2.46. The molecule has 0 aromatic heterocycles. The molecule has 0 radical (unpaired) electrons. The van der Waals surface area contributed by atoms with Crippen molar-refractivity contribution in [2.24, 2.45) is 5.73 Å². The maximum absolute atomic E-state index is 12.4. The van der Waals surface area contributed by atoms with Crippen molar-refractivity contribution in [3.63, 3.8) is 0 Å². The lowest BCUT2D eigenvalue weighted by molar-refractivity contribution is -0.122. The lowest BCUT2D eigenvalue weighted by Gasteiger charge is -2.26. The van der Waals surface area contributed by atoms with E-state index in [1.807, 2.05) is 6.92 Å². The summed E-state index contributed by atoms with van der Waals surface area (Å²) in [7, 11) is 0. The van der Waals surface area contributed by atoms with Gasteiger partial charge in [0, 0.05) is 11.3 Å². The van der Waals surface area contributed by atoms with E-state index in [-0.39, 0.29) is 5.91 Å². The normalized spacial score (nSPS) is 22.2. The van der Waals surface area contributed by atoms with Crippen LogP contribution in [-0.4, -0.2) is 23.9 Å². The molecule has 0 saturated carbocycles. The maximum atomic E-state index is 12.4. The summed E-state index contributed by atoms with van der Waals surface area (Å²) in [6, 6.07) is 6.68. The summed E-state index contributed by atoms with van der Waals surface area (Å²) in [6.45, 7) is 2.86. The fraction of sp³-hybridized carbons (Fsp3) is 0.429. The van der Waals surface area contributed by atoms with E-state index in [1.165, 1.54) is 0 Å². The summed E-state index contributed by atoms with van der Waals surface area (Å²) in [4.78, 5) is 23.5. The molecule has 1 atom stereocenters. The quantitative estimate of drug-likeness (QED) is 0.762. The molecule has 5 heteroatoms. The Morgan fingerprint density at radius 2 is 2.26 bits per heavy atom. The average molecular weight is 261 g/mol. The van der Waals surface area contributed by atoms with E-state index < -0.39 is 11.4 Å². The Bertz CT molecular complexity index is 493. The molecule has 1 fully saturated rings. The third-order valence-electron chi connectivity index (χ3n) is 3.69. The van der Waals surface area contributed by atoms with Gasteiger partial charge in [-0.05, 0) is 44.0 Å². The number of primary amides is 1. The molecule has 1 saturated heterocycles. The van der Waals surface area contributed by atoms with E-state index in [0.717, 1.165) is 25.8 Å². The second-order valence-corrected chi connectivity index (χ2v) is 4.87. The molecular formula is C14H19N3O2. The van der Waals surface area contributed by atoms with Gasteiger partial charge in [-0.15, -0.1) is 0 Å². The average Bonchev–Trinajstić information content (AvgIpc) is 2.89. The van der Waals surface area contributed by atoms with E-state index in [9.17, 15) is 9.59 Å². The highest BCUT2D eigenvalue weighted by atomic mass is 16.2. The van der Waals surface area contributed by atoms with Gasteiger partial charge in [-0.1, -0.05) is 13.0 Å². The molecule has 1 aliphatic heterocycles. The Morgan fingerprint density at radius 3 is 2.84 bits per heavy atom. The lowest BCUT2D eigenvalue weighted by Crippen LogP contribution is -2.50. The molecule has 102 valence electrons. The van der Waals surface area contributed by atoms with Crippen LogP contribution in [0.5, 0.6) is 0 Å². The van der Waals surface area contributed by atoms with Gasteiger partial charge in [-0.25, -0.2) is 0 Å². The highest BCUT2D eigenvalue weighted by molar-refractivity contribution is 6.00. The standard InChI is InChI=1S/C14H19N3O2/c1-2-14(7-4-8-16-14)13(19)17-11-6-3-5-10(9-11)12(15)18/h3,5-6,9,16H,2,4,7-8H2,1H3,(H2,15,18)(H,17,19). The molecule has 1 heterocycles. The van der Waals surface area contributed by atoms with Crippen LogP contribution < -0.4 is 16.4 Å². The van der Waals surface area contributed by atoms with Crippen LogP contribution in [0.3, 0.4) is 0 Å². The van der Waals surface area contributed by atoms with Gasteiger partial charge in [-0.3, -0.25) is 9.59 Å². The maximum Gasteiger partial charge on any atom is 0.248 e. The van der Waals surface area contributed by atoms with Gasteiger partial charge in [0.25, 0.3) is 0 Å². The molecule has 0 aliphatic carbocycles. The van der Waals surface area contributed by atoms with Crippen LogP contribution in [0, 0.1) is 0 Å². The first-order valence-electron chi connectivity index (χ1n) is 6.54. The van der Waals surface area contributed by atoms with Gasteiger partial charge in [0.15, 0.2) is 0 Å². The van der Waals surface area contributed by atoms with E-state index in [2.05, 4.69) is 10.6 Å². The van der Waals surface area contributed by atoms with Gasteiger partial charge < -0.3 is 16.4 Å². The van der Waals surface area contributed by atoms with Crippen molar-refractivity contribution in [2.75, 3.05) is 11.9 Å². The number of nitrogens with one attached hydrogen (secondary N) is 2. The summed E-state index contributed by atoms with van der Waals surface area (Å²) in [5.41, 5.74) is 5.73. The molecule has 19 heavy (non-hydrogen) atoms. The lowest BCUT2D eigenvalue weighted by atomic mass is 9.93. The van der Waals surface area contributed by atoms with Crippen molar-refractivity contribution < 1.29 is 9.59 Å². The van der Waals surface area contributed by atoms with Crippen molar-refractivity contribution >= 4 is 17.5 Å². The molecule has 1 unspecified atom stereocenters. The van der Waals surface area contributed by atoms with Gasteiger partial charge in [0.05, 0.1) is 5.54 Å². The van der Waals surface area contributed by atoms with Crippen molar-refractivity contribution in [1.29, 1.82) is 0 Å². The third-order valence-corrected chi connectivity index (χ3v) is 3.69. The molecule has 0 bridgehead atoms. The number of rotatable bonds is 4. The van der Waals surface area contributed by atoms with Crippen LogP contribution in [0.15, 0.2) is 24.3 Å². The summed E-state index contributed by atoms with van der Waals surface area (Å²) in [5.74, 6) is -0.547. The molecule has 2 amide bonds. The first-order chi connectivity index (χ1) is 9.07. The topological polar surface area (TPSA) is 84.2 Å². The first kappa shape index (κ1) is 13.5. The SMILES string of the molecule is CCC1(C(=O)Nc2cccc(C(N)=O)c2)CCCN1. The zero-order valence-corrected chi connectivity index (χ0v) is 11.0. The summed E-state index contributed by atoms with van der Waals surface area (Å²) in [6.07, 6.45) is 2.59. The zero-order chi connectivity index (χ0) is 13.9. The monoisotopic (exact) mass is 261 g/mol. The van der Waals surface area contributed by atoms with Crippen LogP contribution >= 0.6 is 0 Å². The van der Waals surface area contributed by atoms with Crippen LogP contribution in [0.4, 0.5) is 5.69 Å². The molecule has 2 rings (SSSR count). The number of hydrogen-bond donors (Lipinski definition) is 3. The van der Waals surface area contributed by atoms with Crippen molar-refractivity contribution in [2.45, 2.75) is 31.7 Å². The molecule has 1 aromatic rings. The van der Waals surface area contributed by atoms with E-state index >= 15 is 0 Å². The first-order valence-corrected chi connectivity index (χ1v) is 6.54. The fourth-order valence-electron chi connectivity index (χ4n) is 2.46. The highest BCUT2D eigenvalue weighted by Gasteiger charge is 2.39. The molecule has 1 aromatic carbocycles. The summed E-state index contributed by atoms with van der Waals surface area (Å²) >= 11 is 0. The second kappa shape index (κ2) is 5.40. The second-order valence-electron chi connectivity index (χ2n) is 4.87. The van der Waals surface area contributed by atoms with Crippen LogP contribution in [0.2, 0.25) is 0 Å². The van der Waals surface area contributed by atoms with Crippen LogP contribution in [-0.2, 0) is 4.79 Å². The van der Waals surface area contributed by atoms with Gasteiger partial charge in [-0.2, -0.15) is 0 Å². The Kier molecular flexibility index (Phi) is 3.85. The van der Waals surface area contributed by atoms with E-state index in [4.69, 9.17) is 5.73 Å². The number of nitrogens with two attached hydrogens (primary N) is 1. The Labute approximate surface area is 112 Å². The Hall–Kier alpha value is -1.88. The van der Waals surface area contributed by atoms with Crippen molar-refractivity contribution in [3.8, 4) is 0 Å². The zero-order valence-electron chi connectivity index (χ0n) is 11.0. The number of carbonyl (C=O) groups excluding carboxylic acids is 2. The minimum atomic E-state index is -0.500. The van der Waals surface area contributed by atoms with Crippen molar-refractivity contribution in [1.82, 2.24) is 5.32 Å². The predicted molar refractivity (Wildman–Crippen MR) is 73.8 cm³/mol. The number of hydrogen-bond acceptors (Lipinski definition) is 3. The van der Waals surface area contributed by atoms with Crippen LogP contribution in [0.1, 0.15) is 36.5 Å². The molecule has 1 aliphatic rings. The third kappa shape index (κ3) is 2.76. The summed E-state index contributed by atoms with van der Waals surface area (Å²) < 4.78 is 0. The molecule has 5 nitrogen and oxygen atoms in total. The summed E-state index contributed by atoms with van der Waals surface area (Å²) in [5, 5.41) is 6.14. The Morgan fingerprint density at radius 1 is 1.47 bits per heavy atom. The van der Waals surface area contributed by atoms with E-state index in [1.54, 1.807) is 24.3 Å². The van der Waals surface area contributed by atoms with Crippen molar-refractivity contribution in [3.05, 3.63) is 29.8 Å². The van der Waals surface area contributed by atoms with Gasteiger partial charge in [0.2, 0.25) is 11.8 Å². The van der Waals surface area contributed by atoms with Crippen LogP contribution in [0.25, 0.3) is 0 Å². The number of amides is 2. The number of carbonyl (C=O) groups is 2.